The minimum atomic E-state index is -0.524. The first-order chi connectivity index (χ1) is 12.5. The molecule has 0 saturated carbocycles. The fourth-order valence-corrected chi connectivity index (χ4v) is 3.90. The average Bonchev–Trinajstić information content (AvgIpc) is 2.65. The van der Waals surface area contributed by atoms with Crippen LogP contribution in [0.2, 0.25) is 0 Å². The molecular formula is C17H15N3O5S. The number of hydrogen-bond donors (Lipinski definition) is 0. The zero-order valence-electron chi connectivity index (χ0n) is 13.9. The van der Waals surface area contributed by atoms with Crippen molar-refractivity contribution in [3.05, 3.63) is 52.7 Å². The van der Waals surface area contributed by atoms with Gasteiger partial charge in [0, 0.05) is 18.2 Å². The predicted octanol–water partition coefficient (Wildman–Crippen LogP) is 1.25. The first-order valence-electron chi connectivity index (χ1n) is 7.76. The topological polar surface area (TPSA) is 109 Å². The van der Waals surface area contributed by atoms with Crippen LogP contribution in [0.5, 0.6) is 0 Å². The second-order valence-corrected chi connectivity index (χ2v) is 6.66. The molecular weight excluding hydrogens is 358 g/mol. The van der Waals surface area contributed by atoms with Gasteiger partial charge < -0.3 is 15.0 Å². The molecule has 134 valence electrons. The van der Waals surface area contributed by atoms with Crippen LogP contribution in [0.15, 0.2) is 41.6 Å². The highest BCUT2D eigenvalue weighted by molar-refractivity contribution is 8.01. The lowest BCUT2D eigenvalue weighted by molar-refractivity contribution is -0.140. The highest BCUT2D eigenvalue weighted by Crippen LogP contribution is 2.38. The molecule has 26 heavy (non-hydrogen) atoms. The van der Waals surface area contributed by atoms with Gasteiger partial charge in [-0.25, -0.2) is 4.79 Å². The maximum Gasteiger partial charge on any atom is 0.389 e. The van der Waals surface area contributed by atoms with Gasteiger partial charge in [-0.3, -0.25) is 14.5 Å². The maximum atomic E-state index is 12.2. The summed E-state index contributed by atoms with van der Waals surface area (Å²) in [4.78, 5) is 39.9. The summed E-state index contributed by atoms with van der Waals surface area (Å²) in [5.41, 5.74) is 10.5. The highest BCUT2D eigenvalue weighted by atomic mass is 32.2. The van der Waals surface area contributed by atoms with E-state index in [1.54, 1.807) is 30.3 Å². The Morgan fingerprint density at radius 2 is 2.00 bits per heavy atom. The van der Waals surface area contributed by atoms with Crippen LogP contribution < -0.4 is 0 Å². The Morgan fingerprint density at radius 1 is 1.27 bits per heavy atom. The Morgan fingerprint density at radius 3 is 2.65 bits per heavy atom. The molecule has 2 heterocycles. The number of nitrogens with zero attached hydrogens (tertiary/aromatic N) is 3. The number of β-lactam (4-membered cyclic amide) rings is 1. The van der Waals surface area contributed by atoms with Crippen LogP contribution in [0.4, 0.5) is 0 Å². The number of ether oxygens (including phenoxy) is 2. The van der Waals surface area contributed by atoms with Crippen LogP contribution in [-0.2, 0) is 19.1 Å². The summed E-state index contributed by atoms with van der Waals surface area (Å²) in [6, 6.07) is 8.48. The van der Waals surface area contributed by atoms with Gasteiger partial charge in [-0.05, 0) is 12.1 Å². The second-order valence-electron chi connectivity index (χ2n) is 5.60. The highest BCUT2D eigenvalue weighted by Gasteiger charge is 2.56. The summed E-state index contributed by atoms with van der Waals surface area (Å²) >= 11 is 1.37. The molecule has 0 aliphatic carbocycles. The van der Waals surface area contributed by atoms with Crippen molar-refractivity contribution in [2.24, 2.45) is 0 Å². The van der Waals surface area contributed by atoms with Gasteiger partial charge in [0.2, 0.25) is 0 Å². The molecule has 1 aromatic carbocycles. The van der Waals surface area contributed by atoms with Gasteiger partial charge >= 0.3 is 23.6 Å². The van der Waals surface area contributed by atoms with Crippen molar-refractivity contribution in [2.45, 2.75) is 12.3 Å². The maximum absolute atomic E-state index is 12.2. The Labute approximate surface area is 153 Å². The number of benzene rings is 1. The number of rotatable bonds is 5. The summed E-state index contributed by atoms with van der Waals surface area (Å²) in [5, 5.41) is -0.431. The van der Waals surface area contributed by atoms with Crippen molar-refractivity contribution in [2.75, 3.05) is 19.0 Å². The van der Waals surface area contributed by atoms with E-state index >= 15 is 0 Å². The molecule has 2 aliphatic heterocycles. The van der Waals surface area contributed by atoms with E-state index < -0.39 is 23.2 Å². The summed E-state index contributed by atoms with van der Waals surface area (Å²) in [6.45, 7) is 1.15. The van der Waals surface area contributed by atoms with Crippen LogP contribution in [-0.4, -0.2) is 57.6 Å². The zero-order chi connectivity index (χ0) is 18.7. The Hall–Kier alpha value is -2.90. The van der Waals surface area contributed by atoms with E-state index in [2.05, 4.69) is 4.79 Å². The van der Waals surface area contributed by atoms with E-state index in [-0.39, 0.29) is 18.9 Å². The SMILES string of the molecule is CC(=O)OCC1=C(COC(=O)c2ccccc2)N2C(=O)C(=[N+]=[N-])[C@H]2SC1. The third kappa shape index (κ3) is 3.40. The van der Waals surface area contributed by atoms with Gasteiger partial charge in [-0.1, -0.05) is 18.2 Å². The molecule has 0 N–H and O–H groups in total. The summed E-state index contributed by atoms with van der Waals surface area (Å²) in [5.74, 6) is -0.976. The van der Waals surface area contributed by atoms with E-state index in [1.165, 1.54) is 23.6 Å². The number of hydrogen-bond acceptors (Lipinski definition) is 6. The molecule has 0 bridgehead atoms. The lowest BCUT2D eigenvalue weighted by atomic mass is 10.1. The number of carbonyl (C=O) groups excluding carboxylic acids is 3. The van der Waals surface area contributed by atoms with Crippen molar-refractivity contribution >= 4 is 35.3 Å². The summed E-state index contributed by atoms with van der Waals surface area (Å²) < 4.78 is 10.4. The van der Waals surface area contributed by atoms with E-state index in [1.807, 2.05) is 0 Å². The van der Waals surface area contributed by atoms with Crippen molar-refractivity contribution in [3.63, 3.8) is 0 Å². The zero-order valence-corrected chi connectivity index (χ0v) is 14.7. The summed E-state index contributed by atoms with van der Waals surface area (Å²) in [6.07, 6.45) is 0. The molecule has 8 nitrogen and oxygen atoms in total. The average molecular weight is 373 g/mol. The quantitative estimate of drug-likeness (QED) is 0.332. The Kier molecular flexibility index (Phi) is 5.20. The Balaban J connectivity index is 1.80. The number of thioether (sulfide) groups is 1. The van der Waals surface area contributed by atoms with Gasteiger partial charge in [0.25, 0.3) is 0 Å². The molecule has 1 amide bonds. The normalized spacial score (nSPS) is 18.7. The molecule has 3 rings (SSSR count). The molecule has 0 radical (unpaired) electrons. The van der Waals surface area contributed by atoms with Gasteiger partial charge in [0.15, 0.2) is 5.37 Å². The molecule has 0 spiro atoms. The standard InChI is InChI=1S/C17H15N3O5S/c1-10(21)24-7-12-9-26-16-14(19-18)15(22)20(16)13(12)8-25-17(23)11-5-3-2-4-6-11/h2-6,16H,7-9H2,1H3/t16-/m1/s1. The number of fused-ring (bicyclic) bond motifs is 1. The number of amides is 1. The molecule has 1 fully saturated rings. The van der Waals surface area contributed by atoms with Crippen LogP contribution >= 0.6 is 11.8 Å². The summed E-state index contributed by atoms with van der Waals surface area (Å²) in [7, 11) is 0. The predicted molar refractivity (Wildman–Crippen MR) is 92.1 cm³/mol. The van der Waals surface area contributed by atoms with Crippen LogP contribution in [0.25, 0.3) is 5.53 Å². The van der Waals surface area contributed by atoms with E-state index in [9.17, 15) is 14.4 Å². The lowest BCUT2D eigenvalue weighted by Gasteiger charge is -2.41. The Bertz CT molecular complexity index is 845. The third-order valence-electron chi connectivity index (χ3n) is 3.93. The van der Waals surface area contributed by atoms with Gasteiger partial charge in [0.05, 0.1) is 11.3 Å². The van der Waals surface area contributed by atoms with Crippen LogP contribution in [0.3, 0.4) is 0 Å². The smallest absolute Gasteiger partial charge is 0.389 e. The second kappa shape index (κ2) is 7.55. The third-order valence-corrected chi connectivity index (χ3v) is 5.19. The van der Waals surface area contributed by atoms with Crippen molar-refractivity contribution in [1.82, 2.24) is 4.90 Å². The van der Waals surface area contributed by atoms with Gasteiger partial charge in [-0.2, -0.15) is 4.79 Å². The van der Waals surface area contributed by atoms with Crippen LogP contribution in [0.1, 0.15) is 17.3 Å². The molecule has 1 atom stereocenters. The van der Waals surface area contributed by atoms with E-state index in [0.29, 0.717) is 22.6 Å². The van der Waals surface area contributed by atoms with E-state index in [4.69, 9.17) is 15.0 Å². The van der Waals surface area contributed by atoms with Crippen molar-refractivity contribution in [3.8, 4) is 0 Å². The number of carbonyl (C=O) groups is 3. The van der Waals surface area contributed by atoms with Crippen molar-refractivity contribution in [1.29, 1.82) is 0 Å². The van der Waals surface area contributed by atoms with Gasteiger partial charge in [0.1, 0.15) is 13.2 Å². The largest absolute Gasteiger partial charge is 0.461 e. The van der Waals surface area contributed by atoms with E-state index in [0.717, 1.165) is 0 Å². The van der Waals surface area contributed by atoms with Crippen LogP contribution in [0, 0.1) is 0 Å². The minimum absolute atomic E-state index is 0.00263. The molecule has 1 saturated heterocycles. The fourth-order valence-electron chi connectivity index (χ4n) is 2.61. The first-order valence-corrected chi connectivity index (χ1v) is 8.81. The molecule has 0 aromatic heterocycles. The fraction of sp³-hybridized carbons (Fsp3) is 0.294. The molecule has 0 unspecified atom stereocenters. The first kappa shape index (κ1) is 17.9. The molecule has 9 heteroatoms. The molecule has 1 aromatic rings. The lowest BCUT2D eigenvalue weighted by Crippen LogP contribution is -2.62. The van der Waals surface area contributed by atoms with Crippen molar-refractivity contribution < 1.29 is 28.6 Å². The molecule has 2 aliphatic rings. The minimum Gasteiger partial charge on any atom is -0.461 e. The number of esters is 2. The monoisotopic (exact) mass is 373 g/mol. The van der Waals surface area contributed by atoms with Gasteiger partial charge in [-0.15, -0.1) is 11.8 Å².